The molecule has 9 heteroatoms. The summed E-state index contributed by atoms with van der Waals surface area (Å²) in [5.41, 5.74) is 2.18. The summed E-state index contributed by atoms with van der Waals surface area (Å²) in [7, 11) is 3.09. The van der Waals surface area contributed by atoms with Crippen molar-refractivity contribution in [1.29, 1.82) is 0 Å². The van der Waals surface area contributed by atoms with E-state index in [1.165, 1.54) is 13.2 Å². The van der Waals surface area contributed by atoms with Crippen LogP contribution >= 0.6 is 0 Å². The smallest absolute Gasteiger partial charge is 0.255 e. The number of nitrogens with one attached hydrogen (secondary N) is 3. The van der Waals surface area contributed by atoms with E-state index in [0.717, 1.165) is 0 Å². The summed E-state index contributed by atoms with van der Waals surface area (Å²) in [4.78, 5) is 28.4. The van der Waals surface area contributed by atoms with Gasteiger partial charge in [-0.2, -0.15) is 0 Å². The number of aryl methyl sites for hydroxylation is 1. The molecule has 0 saturated carbocycles. The lowest BCUT2D eigenvalue weighted by Gasteiger charge is -2.14. The average Bonchev–Trinajstić information content (AvgIpc) is 3.18. The molecule has 4 rings (SSSR count). The van der Waals surface area contributed by atoms with E-state index < -0.39 is 0 Å². The van der Waals surface area contributed by atoms with E-state index >= 15 is 0 Å². The van der Waals surface area contributed by atoms with E-state index in [1.807, 2.05) is 18.2 Å². The molecule has 0 atom stereocenters. The normalized spacial score (nSPS) is 10.5. The Morgan fingerprint density at radius 2 is 1.86 bits per heavy atom. The van der Waals surface area contributed by atoms with Gasteiger partial charge in [-0.3, -0.25) is 9.59 Å². The molecule has 2 heterocycles. The van der Waals surface area contributed by atoms with E-state index in [4.69, 9.17) is 13.9 Å². The number of rotatable bonds is 8. The summed E-state index contributed by atoms with van der Waals surface area (Å²) in [6.07, 6.45) is 2.79. The molecule has 0 aliphatic heterocycles. The lowest BCUT2D eigenvalue weighted by molar-refractivity contribution is -0.111. The Labute approximate surface area is 201 Å². The van der Waals surface area contributed by atoms with E-state index in [-0.39, 0.29) is 11.8 Å². The molecular formula is C26H24N4O5. The highest BCUT2D eigenvalue weighted by Gasteiger charge is 2.20. The minimum absolute atomic E-state index is 0.244. The van der Waals surface area contributed by atoms with Crippen LogP contribution in [0.5, 0.6) is 17.2 Å². The summed E-state index contributed by atoms with van der Waals surface area (Å²) in [6, 6.07) is 14.0. The quantitative estimate of drug-likeness (QED) is 0.303. The third-order valence-corrected chi connectivity index (χ3v) is 5.20. The number of aromatic nitrogens is 1. The Hall–Kier alpha value is -4.79. The van der Waals surface area contributed by atoms with E-state index in [1.54, 1.807) is 50.5 Å². The van der Waals surface area contributed by atoms with Crippen molar-refractivity contribution >= 4 is 40.0 Å². The number of para-hydroxylation sites is 2. The van der Waals surface area contributed by atoms with Gasteiger partial charge in [0.2, 0.25) is 5.91 Å². The molecule has 0 aliphatic rings. The molecule has 0 aliphatic carbocycles. The second-order valence-corrected chi connectivity index (χ2v) is 7.45. The second-order valence-electron chi connectivity index (χ2n) is 7.45. The van der Waals surface area contributed by atoms with Gasteiger partial charge >= 0.3 is 0 Å². The van der Waals surface area contributed by atoms with Crippen molar-refractivity contribution in [2.24, 2.45) is 0 Å². The molecular weight excluding hydrogens is 448 g/mol. The molecule has 178 valence electrons. The first-order valence-electron chi connectivity index (χ1n) is 10.7. The maximum absolute atomic E-state index is 12.3. The Bertz CT molecular complexity index is 1430. The van der Waals surface area contributed by atoms with Crippen molar-refractivity contribution in [3.63, 3.8) is 0 Å². The van der Waals surface area contributed by atoms with Crippen LogP contribution in [0.2, 0.25) is 0 Å². The monoisotopic (exact) mass is 472 g/mol. The van der Waals surface area contributed by atoms with Gasteiger partial charge < -0.3 is 29.8 Å². The zero-order valence-corrected chi connectivity index (χ0v) is 19.5. The number of fused-ring (bicyclic) bond motifs is 1. The molecule has 0 radical (unpaired) electrons. The van der Waals surface area contributed by atoms with Gasteiger partial charge in [0.1, 0.15) is 22.9 Å². The van der Waals surface area contributed by atoms with Crippen molar-refractivity contribution < 1.29 is 23.5 Å². The fraction of sp³-hybridized carbons (Fsp3) is 0.115. The number of benzene rings is 2. The molecule has 0 spiro atoms. The van der Waals surface area contributed by atoms with Crippen LogP contribution in [0.25, 0.3) is 11.0 Å². The summed E-state index contributed by atoms with van der Waals surface area (Å²) < 4.78 is 17.4. The van der Waals surface area contributed by atoms with E-state index in [2.05, 4.69) is 27.5 Å². The summed E-state index contributed by atoms with van der Waals surface area (Å²) in [6.45, 7) is 5.21. The molecule has 4 aromatic rings. The summed E-state index contributed by atoms with van der Waals surface area (Å²) in [5.74, 6) is 1.77. The lowest BCUT2D eigenvalue weighted by Crippen LogP contribution is -2.18. The highest BCUT2D eigenvalue weighted by atomic mass is 16.5. The van der Waals surface area contributed by atoms with Crippen LogP contribution in [0.1, 0.15) is 16.1 Å². The number of hydrogen-bond acceptors (Lipinski definition) is 7. The number of amides is 2. The van der Waals surface area contributed by atoms with Crippen molar-refractivity contribution in [1.82, 2.24) is 10.3 Å². The summed E-state index contributed by atoms with van der Waals surface area (Å²) in [5, 5.41) is 9.18. The van der Waals surface area contributed by atoms with E-state index in [0.29, 0.717) is 56.7 Å². The maximum atomic E-state index is 12.3. The number of methoxy groups -OCH3 is 1. The van der Waals surface area contributed by atoms with Crippen LogP contribution in [0.3, 0.4) is 0 Å². The van der Waals surface area contributed by atoms with Gasteiger partial charge in [0.05, 0.1) is 24.0 Å². The van der Waals surface area contributed by atoms with Gasteiger partial charge in [0.25, 0.3) is 5.91 Å². The third kappa shape index (κ3) is 4.93. The minimum atomic E-state index is -0.320. The third-order valence-electron chi connectivity index (χ3n) is 5.20. The molecule has 0 unspecified atom stereocenters. The Kier molecular flexibility index (Phi) is 6.68. The van der Waals surface area contributed by atoms with Gasteiger partial charge in [-0.1, -0.05) is 18.7 Å². The first kappa shape index (κ1) is 23.4. The van der Waals surface area contributed by atoms with Crippen LogP contribution in [0, 0.1) is 6.92 Å². The SMILES string of the molecule is C=CC(=O)Nc1ccccc1Nc1cc(Oc2cc3oc(C)c(C(=O)NC)c3cc2OC)ccn1. The first-order valence-corrected chi connectivity index (χ1v) is 10.7. The van der Waals surface area contributed by atoms with Crippen molar-refractivity contribution in [2.45, 2.75) is 6.92 Å². The Balaban J connectivity index is 1.63. The number of anilines is 3. The Morgan fingerprint density at radius 3 is 2.57 bits per heavy atom. The molecule has 0 saturated heterocycles. The molecule has 0 bridgehead atoms. The summed E-state index contributed by atoms with van der Waals surface area (Å²) >= 11 is 0. The maximum Gasteiger partial charge on any atom is 0.255 e. The molecule has 2 amide bonds. The predicted octanol–water partition coefficient (Wildman–Crippen LogP) is 5.16. The number of carbonyl (C=O) groups excluding carboxylic acids is 2. The minimum Gasteiger partial charge on any atom is -0.493 e. The largest absolute Gasteiger partial charge is 0.493 e. The number of carbonyl (C=O) groups is 2. The standard InChI is InChI=1S/C26H24N4O5/c1-5-24(31)30-19-9-7-6-8-18(19)29-23-12-16(10-11-28-23)35-22-14-20-17(13-21(22)33-4)25(15(2)34-20)26(32)27-3/h5-14H,1H2,2-4H3,(H,27,32)(H,28,29)(H,30,31). The van der Waals surface area contributed by atoms with Gasteiger partial charge in [-0.25, -0.2) is 4.98 Å². The number of furan rings is 1. The Morgan fingerprint density at radius 1 is 1.09 bits per heavy atom. The fourth-order valence-electron chi connectivity index (χ4n) is 3.57. The van der Waals surface area contributed by atoms with Crippen LogP contribution in [-0.4, -0.2) is 31.0 Å². The molecule has 2 aromatic heterocycles. The molecule has 35 heavy (non-hydrogen) atoms. The number of hydrogen-bond donors (Lipinski definition) is 3. The number of nitrogens with zero attached hydrogens (tertiary/aromatic N) is 1. The fourth-order valence-corrected chi connectivity index (χ4v) is 3.57. The van der Waals surface area contributed by atoms with Crippen LogP contribution in [-0.2, 0) is 4.79 Å². The van der Waals surface area contributed by atoms with Gasteiger partial charge in [0, 0.05) is 30.8 Å². The van der Waals surface area contributed by atoms with Crippen LogP contribution in [0.4, 0.5) is 17.2 Å². The van der Waals surface area contributed by atoms with Gasteiger partial charge in [-0.05, 0) is 37.3 Å². The predicted molar refractivity (Wildman–Crippen MR) is 134 cm³/mol. The highest BCUT2D eigenvalue weighted by molar-refractivity contribution is 6.07. The number of ether oxygens (including phenoxy) is 2. The van der Waals surface area contributed by atoms with E-state index in [9.17, 15) is 9.59 Å². The molecule has 3 N–H and O–H groups in total. The number of pyridine rings is 1. The van der Waals surface area contributed by atoms with Gasteiger partial charge in [0.15, 0.2) is 11.5 Å². The molecule has 0 fully saturated rings. The lowest BCUT2D eigenvalue weighted by atomic mass is 10.1. The van der Waals surface area contributed by atoms with Crippen molar-refractivity contribution in [3.05, 3.63) is 78.7 Å². The van der Waals surface area contributed by atoms with Crippen molar-refractivity contribution in [3.8, 4) is 17.2 Å². The zero-order chi connectivity index (χ0) is 24.9. The second kappa shape index (κ2) is 10.0. The topological polar surface area (TPSA) is 115 Å². The van der Waals surface area contributed by atoms with Crippen LogP contribution < -0.4 is 25.4 Å². The van der Waals surface area contributed by atoms with Gasteiger partial charge in [-0.15, -0.1) is 0 Å². The van der Waals surface area contributed by atoms with Crippen molar-refractivity contribution in [2.75, 3.05) is 24.8 Å². The highest BCUT2D eigenvalue weighted by Crippen LogP contribution is 2.39. The average molecular weight is 473 g/mol. The van der Waals surface area contributed by atoms with Crippen LogP contribution in [0.15, 0.2) is 71.8 Å². The molecule has 2 aromatic carbocycles. The molecule has 9 nitrogen and oxygen atoms in total. The zero-order valence-electron chi connectivity index (χ0n) is 19.5. The first-order chi connectivity index (χ1) is 16.9.